The molecular formula is C30H29NO6. The number of benzene rings is 3. The van der Waals surface area contributed by atoms with Crippen LogP contribution in [0.3, 0.4) is 0 Å². The van der Waals surface area contributed by atoms with Crippen LogP contribution in [0, 0.1) is 13.8 Å². The minimum absolute atomic E-state index is 0.0421. The number of ether oxygens (including phenoxy) is 3. The van der Waals surface area contributed by atoms with Gasteiger partial charge in [-0.1, -0.05) is 12.1 Å². The molecule has 0 saturated heterocycles. The zero-order valence-corrected chi connectivity index (χ0v) is 21.6. The molecule has 37 heavy (non-hydrogen) atoms. The molecule has 2 heterocycles. The molecule has 7 nitrogen and oxygen atoms in total. The van der Waals surface area contributed by atoms with Gasteiger partial charge in [-0.05, 0) is 80.8 Å². The standard InChI is InChI=1S/C30H29NO6/c1-6-35-23-12-11-19(15-25(23)36-7-2)27-26-28(32)22-13-17(3)18(4)14-24(22)37-29(26)30(33)31(27)20-9-8-10-21(16-20)34-5/h8-16,27H,6-7H2,1-5H3. The first-order valence-electron chi connectivity index (χ1n) is 12.3. The van der Waals surface area contributed by atoms with Crippen molar-refractivity contribution in [2.24, 2.45) is 0 Å². The summed E-state index contributed by atoms with van der Waals surface area (Å²) in [5.41, 5.74) is 3.72. The van der Waals surface area contributed by atoms with Crippen LogP contribution in [0.15, 0.2) is 63.8 Å². The van der Waals surface area contributed by atoms with Crippen LogP contribution >= 0.6 is 0 Å². The van der Waals surface area contributed by atoms with Gasteiger partial charge in [-0.2, -0.15) is 0 Å². The smallest absolute Gasteiger partial charge is 0.295 e. The third kappa shape index (κ3) is 4.10. The fourth-order valence-corrected chi connectivity index (χ4v) is 4.81. The van der Waals surface area contributed by atoms with Gasteiger partial charge in [-0.15, -0.1) is 0 Å². The number of carbonyl (C=O) groups excluding carboxylic acids is 1. The predicted molar refractivity (Wildman–Crippen MR) is 142 cm³/mol. The van der Waals surface area contributed by atoms with Crippen molar-refractivity contribution in [2.45, 2.75) is 33.7 Å². The average Bonchev–Trinajstić information content (AvgIpc) is 3.19. The fourth-order valence-electron chi connectivity index (χ4n) is 4.81. The molecule has 1 aliphatic rings. The van der Waals surface area contributed by atoms with Gasteiger partial charge >= 0.3 is 0 Å². The van der Waals surface area contributed by atoms with Crippen molar-refractivity contribution in [1.29, 1.82) is 0 Å². The van der Waals surface area contributed by atoms with Crippen LogP contribution in [-0.4, -0.2) is 26.2 Å². The highest BCUT2D eigenvalue weighted by molar-refractivity contribution is 6.10. The number of rotatable bonds is 7. The van der Waals surface area contributed by atoms with E-state index in [1.165, 1.54) is 0 Å². The van der Waals surface area contributed by atoms with Crippen molar-refractivity contribution in [3.05, 3.63) is 92.8 Å². The molecule has 1 aliphatic heterocycles. The van der Waals surface area contributed by atoms with E-state index in [2.05, 4.69) is 0 Å². The zero-order valence-electron chi connectivity index (χ0n) is 21.6. The fraction of sp³-hybridized carbons (Fsp3) is 0.267. The minimum Gasteiger partial charge on any atom is -0.497 e. The molecule has 4 aromatic rings. The summed E-state index contributed by atoms with van der Waals surface area (Å²) in [6.07, 6.45) is 0. The second-order valence-corrected chi connectivity index (χ2v) is 8.96. The van der Waals surface area contributed by atoms with Gasteiger partial charge in [0.15, 0.2) is 16.9 Å². The van der Waals surface area contributed by atoms with E-state index in [0.29, 0.717) is 58.2 Å². The van der Waals surface area contributed by atoms with Crippen molar-refractivity contribution < 1.29 is 23.4 Å². The van der Waals surface area contributed by atoms with Crippen LogP contribution in [-0.2, 0) is 0 Å². The first-order chi connectivity index (χ1) is 17.9. The molecule has 5 rings (SSSR count). The van der Waals surface area contributed by atoms with Crippen molar-refractivity contribution >= 4 is 22.6 Å². The van der Waals surface area contributed by atoms with Gasteiger partial charge in [-0.3, -0.25) is 14.5 Å². The lowest BCUT2D eigenvalue weighted by Gasteiger charge is -2.26. The Kier molecular flexibility index (Phi) is 6.38. The monoisotopic (exact) mass is 499 g/mol. The van der Waals surface area contributed by atoms with Crippen LogP contribution in [0.5, 0.6) is 17.2 Å². The number of carbonyl (C=O) groups is 1. The molecule has 190 valence electrons. The Bertz CT molecular complexity index is 1570. The number of aryl methyl sites for hydroxylation is 2. The maximum atomic E-state index is 14.0. The molecule has 0 bridgehead atoms. The number of methoxy groups -OCH3 is 1. The van der Waals surface area contributed by atoms with Crippen molar-refractivity contribution in [2.75, 3.05) is 25.2 Å². The first-order valence-corrected chi connectivity index (χ1v) is 12.3. The molecule has 3 aromatic carbocycles. The molecule has 1 unspecified atom stereocenters. The van der Waals surface area contributed by atoms with E-state index in [1.807, 2.05) is 70.2 Å². The van der Waals surface area contributed by atoms with E-state index in [4.69, 9.17) is 18.6 Å². The summed E-state index contributed by atoms with van der Waals surface area (Å²) in [7, 11) is 1.57. The van der Waals surface area contributed by atoms with Crippen LogP contribution in [0.25, 0.3) is 11.0 Å². The van der Waals surface area contributed by atoms with Crippen molar-refractivity contribution in [3.8, 4) is 17.2 Å². The van der Waals surface area contributed by atoms with Gasteiger partial charge in [0.1, 0.15) is 11.3 Å². The lowest BCUT2D eigenvalue weighted by Crippen LogP contribution is -2.29. The van der Waals surface area contributed by atoms with Gasteiger partial charge < -0.3 is 18.6 Å². The second kappa shape index (κ2) is 9.65. The Morgan fingerprint density at radius 1 is 0.892 bits per heavy atom. The highest BCUT2D eigenvalue weighted by atomic mass is 16.5. The van der Waals surface area contributed by atoms with Crippen LogP contribution in [0.1, 0.15) is 52.7 Å². The van der Waals surface area contributed by atoms with Gasteiger partial charge in [0, 0.05) is 11.8 Å². The molecule has 0 fully saturated rings. The quantitative estimate of drug-likeness (QED) is 0.312. The predicted octanol–water partition coefficient (Wildman–Crippen LogP) is 5.97. The molecule has 0 radical (unpaired) electrons. The van der Waals surface area contributed by atoms with E-state index >= 15 is 0 Å². The van der Waals surface area contributed by atoms with E-state index in [0.717, 1.165) is 11.1 Å². The molecule has 7 heteroatoms. The number of anilines is 1. The molecule has 1 amide bonds. The Labute approximate surface area is 215 Å². The molecule has 0 aliphatic carbocycles. The summed E-state index contributed by atoms with van der Waals surface area (Å²) < 4.78 is 23.2. The number of hydrogen-bond donors (Lipinski definition) is 0. The second-order valence-electron chi connectivity index (χ2n) is 8.96. The molecule has 1 aromatic heterocycles. The normalized spacial score (nSPS) is 14.7. The summed E-state index contributed by atoms with van der Waals surface area (Å²) in [6, 6.07) is 15.6. The van der Waals surface area contributed by atoms with Crippen molar-refractivity contribution in [3.63, 3.8) is 0 Å². The largest absolute Gasteiger partial charge is 0.497 e. The molecule has 0 N–H and O–H groups in total. The maximum Gasteiger partial charge on any atom is 0.295 e. The topological polar surface area (TPSA) is 78.2 Å². The Morgan fingerprint density at radius 3 is 2.35 bits per heavy atom. The van der Waals surface area contributed by atoms with E-state index < -0.39 is 11.9 Å². The summed E-state index contributed by atoms with van der Waals surface area (Å²) >= 11 is 0. The average molecular weight is 500 g/mol. The number of nitrogens with zero attached hydrogens (tertiary/aromatic N) is 1. The Morgan fingerprint density at radius 2 is 1.62 bits per heavy atom. The molecule has 1 atom stereocenters. The third-order valence-corrected chi connectivity index (χ3v) is 6.70. The van der Waals surface area contributed by atoms with Crippen LogP contribution in [0.2, 0.25) is 0 Å². The SMILES string of the molecule is CCOc1ccc(C2c3c(oc4cc(C)c(C)cc4c3=O)C(=O)N2c2cccc(OC)c2)cc1OCC. The molecule has 0 saturated carbocycles. The van der Waals surface area contributed by atoms with E-state index in [9.17, 15) is 9.59 Å². The highest BCUT2D eigenvalue weighted by Crippen LogP contribution is 2.44. The number of amides is 1. The van der Waals surface area contributed by atoms with E-state index in [1.54, 1.807) is 24.1 Å². The number of fused-ring (bicyclic) bond motifs is 2. The third-order valence-electron chi connectivity index (χ3n) is 6.70. The van der Waals surface area contributed by atoms with Crippen LogP contribution < -0.4 is 24.5 Å². The highest BCUT2D eigenvalue weighted by Gasteiger charge is 2.44. The Hall–Kier alpha value is -4.26. The number of hydrogen-bond acceptors (Lipinski definition) is 6. The zero-order chi connectivity index (χ0) is 26.3. The lowest BCUT2D eigenvalue weighted by molar-refractivity contribution is 0.0971. The van der Waals surface area contributed by atoms with Gasteiger partial charge in [0.2, 0.25) is 5.76 Å². The molecular weight excluding hydrogens is 470 g/mol. The van der Waals surface area contributed by atoms with Crippen LogP contribution in [0.4, 0.5) is 5.69 Å². The summed E-state index contributed by atoms with van der Waals surface area (Å²) in [5, 5.41) is 0.447. The minimum atomic E-state index is -0.730. The van der Waals surface area contributed by atoms with Crippen molar-refractivity contribution in [1.82, 2.24) is 0 Å². The lowest BCUT2D eigenvalue weighted by atomic mass is 9.97. The summed E-state index contributed by atoms with van der Waals surface area (Å²) in [6.45, 7) is 8.62. The van der Waals surface area contributed by atoms with Gasteiger partial charge in [0.25, 0.3) is 5.91 Å². The molecule has 0 spiro atoms. The Balaban J connectivity index is 1.79. The first kappa shape index (κ1) is 24.4. The van der Waals surface area contributed by atoms with Gasteiger partial charge in [0.05, 0.1) is 37.3 Å². The summed E-state index contributed by atoms with van der Waals surface area (Å²) in [5.74, 6) is 1.39. The van der Waals surface area contributed by atoms with E-state index in [-0.39, 0.29) is 11.2 Å². The maximum absolute atomic E-state index is 14.0. The summed E-state index contributed by atoms with van der Waals surface area (Å²) in [4.78, 5) is 29.5. The van der Waals surface area contributed by atoms with Gasteiger partial charge in [-0.25, -0.2) is 0 Å².